The van der Waals surface area contributed by atoms with Gasteiger partial charge in [-0.1, -0.05) is 57.2 Å². The maximum absolute atomic E-state index is 14.0. The van der Waals surface area contributed by atoms with E-state index >= 15 is 0 Å². The van der Waals surface area contributed by atoms with Gasteiger partial charge in [0.05, 0.1) is 24.0 Å². The number of likely N-dealkylation sites (N-methyl/N-ethyl adjacent to an activating group) is 1. The van der Waals surface area contributed by atoms with Crippen LogP contribution < -0.4 is 16.0 Å². The molecule has 2 aromatic rings. The largest absolute Gasteiger partial charge is 0.342 e. The third-order valence-corrected chi connectivity index (χ3v) is 7.92. The molecule has 1 unspecified atom stereocenters. The van der Waals surface area contributed by atoms with Crippen molar-refractivity contribution in [3.05, 3.63) is 42.5 Å². The summed E-state index contributed by atoms with van der Waals surface area (Å²) >= 11 is 0. The van der Waals surface area contributed by atoms with Gasteiger partial charge in [-0.2, -0.15) is 0 Å². The van der Waals surface area contributed by atoms with Gasteiger partial charge < -0.3 is 25.8 Å². The fourth-order valence-corrected chi connectivity index (χ4v) is 5.71. The minimum Gasteiger partial charge on any atom is -0.342 e. The Morgan fingerprint density at radius 2 is 1.68 bits per heavy atom. The molecule has 2 saturated heterocycles. The van der Waals surface area contributed by atoms with Crippen molar-refractivity contribution >= 4 is 40.1 Å². The number of nitrogens with one attached hydrogen (secondary N) is 3. The van der Waals surface area contributed by atoms with Crippen molar-refractivity contribution in [2.75, 3.05) is 25.5 Å². The van der Waals surface area contributed by atoms with E-state index in [1.807, 2.05) is 63.2 Å². The maximum Gasteiger partial charge on any atom is 0.246 e. The topological polar surface area (TPSA) is 111 Å². The number of carbonyl (C=O) groups is 4. The lowest BCUT2D eigenvalue weighted by atomic mass is 9.85. The molecule has 0 saturated carbocycles. The van der Waals surface area contributed by atoms with Crippen LogP contribution in [0.1, 0.15) is 41.0 Å². The van der Waals surface area contributed by atoms with E-state index in [1.165, 1.54) is 6.92 Å². The van der Waals surface area contributed by atoms with Crippen molar-refractivity contribution in [2.45, 2.75) is 65.2 Å². The molecule has 4 rings (SSSR count). The van der Waals surface area contributed by atoms with E-state index in [0.29, 0.717) is 18.7 Å². The second-order valence-corrected chi connectivity index (χ2v) is 11.5. The molecule has 0 aliphatic carbocycles. The lowest BCUT2D eigenvalue weighted by Crippen LogP contribution is -2.59. The van der Waals surface area contributed by atoms with Crippen LogP contribution in [0.4, 0.5) is 5.69 Å². The van der Waals surface area contributed by atoms with E-state index in [0.717, 1.165) is 10.8 Å². The first-order valence-corrected chi connectivity index (χ1v) is 13.3. The Balaban J connectivity index is 1.63. The highest BCUT2D eigenvalue weighted by atomic mass is 16.2. The Hall–Kier alpha value is -3.46. The Morgan fingerprint density at radius 3 is 2.34 bits per heavy atom. The predicted octanol–water partition coefficient (Wildman–Crippen LogP) is 2.36. The number of carbonyl (C=O) groups excluding carboxylic acids is 4. The van der Waals surface area contributed by atoms with Crippen LogP contribution in [0.5, 0.6) is 0 Å². The average molecular weight is 522 g/mol. The third-order valence-electron chi connectivity index (χ3n) is 7.92. The molecule has 38 heavy (non-hydrogen) atoms. The normalized spacial score (nSPS) is 22.6. The molecular weight excluding hydrogens is 482 g/mol. The van der Waals surface area contributed by atoms with E-state index in [-0.39, 0.29) is 36.2 Å². The minimum absolute atomic E-state index is 0.113. The quantitative estimate of drug-likeness (QED) is 0.541. The zero-order valence-corrected chi connectivity index (χ0v) is 23.1. The summed E-state index contributed by atoms with van der Waals surface area (Å²) < 4.78 is 0. The fraction of sp³-hybridized carbons (Fsp3) is 0.517. The summed E-state index contributed by atoms with van der Waals surface area (Å²) in [7, 11) is 1.69. The van der Waals surface area contributed by atoms with Gasteiger partial charge in [-0.3, -0.25) is 19.2 Å². The number of fused-ring (bicyclic) bond motifs is 2. The SMILES string of the molecule is CN[C@@H](C)C(=O)NC(C(=O)N1CC[C@@H]2[C@H]1[C@@H](C(=O)Nc1cccc3ccccc13)CN2C(C)=O)C(C)(C)C. The molecule has 4 amide bonds. The number of likely N-dealkylation sites (tertiary alicyclic amines) is 2. The van der Waals surface area contributed by atoms with Crippen LogP contribution in [0.3, 0.4) is 0 Å². The van der Waals surface area contributed by atoms with E-state index in [2.05, 4.69) is 16.0 Å². The highest BCUT2D eigenvalue weighted by molar-refractivity contribution is 6.03. The highest BCUT2D eigenvalue weighted by Gasteiger charge is 2.55. The molecule has 2 aromatic carbocycles. The van der Waals surface area contributed by atoms with Gasteiger partial charge in [-0.25, -0.2) is 0 Å². The summed E-state index contributed by atoms with van der Waals surface area (Å²) in [5.74, 6) is -1.42. The molecule has 0 aromatic heterocycles. The van der Waals surface area contributed by atoms with Crippen LogP contribution in [-0.4, -0.2) is 77.7 Å². The second kappa shape index (κ2) is 10.7. The van der Waals surface area contributed by atoms with Crippen molar-refractivity contribution in [1.29, 1.82) is 0 Å². The molecular formula is C29H39N5O4. The maximum atomic E-state index is 14.0. The van der Waals surface area contributed by atoms with Crippen molar-refractivity contribution in [3.63, 3.8) is 0 Å². The van der Waals surface area contributed by atoms with Crippen LogP contribution in [0.25, 0.3) is 10.8 Å². The Morgan fingerprint density at radius 1 is 1.00 bits per heavy atom. The molecule has 0 spiro atoms. The number of benzene rings is 2. The van der Waals surface area contributed by atoms with E-state index in [4.69, 9.17) is 0 Å². The summed E-state index contributed by atoms with van der Waals surface area (Å²) in [4.78, 5) is 56.5. The van der Waals surface area contributed by atoms with Gasteiger partial charge in [-0.15, -0.1) is 0 Å². The average Bonchev–Trinajstić information content (AvgIpc) is 3.46. The number of nitrogens with zero attached hydrogens (tertiary/aromatic N) is 2. The lowest BCUT2D eigenvalue weighted by molar-refractivity contribution is -0.141. The molecule has 2 fully saturated rings. The first-order chi connectivity index (χ1) is 17.9. The van der Waals surface area contributed by atoms with Crippen molar-refractivity contribution in [3.8, 4) is 0 Å². The predicted molar refractivity (Wildman–Crippen MR) is 147 cm³/mol. The summed E-state index contributed by atoms with van der Waals surface area (Å²) in [5.41, 5.74) is 0.139. The molecule has 9 nitrogen and oxygen atoms in total. The zero-order chi connectivity index (χ0) is 27.8. The number of hydrogen-bond donors (Lipinski definition) is 3. The summed E-state index contributed by atoms with van der Waals surface area (Å²) in [6.07, 6.45) is 0.589. The zero-order valence-electron chi connectivity index (χ0n) is 23.1. The van der Waals surface area contributed by atoms with Crippen molar-refractivity contribution in [2.24, 2.45) is 11.3 Å². The number of rotatable bonds is 6. The first kappa shape index (κ1) is 27.6. The van der Waals surface area contributed by atoms with Crippen molar-refractivity contribution < 1.29 is 19.2 Å². The molecule has 204 valence electrons. The molecule has 9 heteroatoms. The second-order valence-electron chi connectivity index (χ2n) is 11.5. The van der Waals surface area contributed by atoms with Gasteiger partial charge in [0.25, 0.3) is 0 Å². The van der Waals surface area contributed by atoms with E-state index in [1.54, 1.807) is 23.8 Å². The van der Waals surface area contributed by atoms with Crippen LogP contribution in [0, 0.1) is 11.3 Å². The highest BCUT2D eigenvalue weighted by Crippen LogP contribution is 2.38. The van der Waals surface area contributed by atoms with E-state index in [9.17, 15) is 19.2 Å². The van der Waals surface area contributed by atoms with Crippen LogP contribution in [0.2, 0.25) is 0 Å². The van der Waals surface area contributed by atoms with Crippen LogP contribution in [-0.2, 0) is 19.2 Å². The lowest BCUT2D eigenvalue weighted by Gasteiger charge is -2.37. The monoisotopic (exact) mass is 521 g/mol. The summed E-state index contributed by atoms with van der Waals surface area (Å²) in [6, 6.07) is 11.6. The Bertz CT molecular complexity index is 1230. The van der Waals surface area contributed by atoms with Gasteiger partial charge in [0, 0.05) is 31.1 Å². The van der Waals surface area contributed by atoms with Gasteiger partial charge in [-0.05, 0) is 37.3 Å². The number of anilines is 1. The Kier molecular flexibility index (Phi) is 7.78. The van der Waals surface area contributed by atoms with Gasteiger partial charge in [0.1, 0.15) is 6.04 Å². The smallest absolute Gasteiger partial charge is 0.246 e. The third kappa shape index (κ3) is 5.25. The number of amides is 4. The molecule has 2 aliphatic rings. The molecule has 3 N–H and O–H groups in total. The van der Waals surface area contributed by atoms with Gasteiger partial charge in [0.15, 0.2) is 0 Å². The molecule has 0 bridgehead atoms. The van der Waals surface area contributed by atoms with Crippen molar-refractivity contribution in [1.82, 2.24) is 20.4 Å². The first-order valence-electron chi connectivity index (χ1n) is 13.3. The molecule has 0 radical (unpaired) electrons. The Labute approximate surface area is 224 Å². The van der Waals surface area contributed by atoms with Crippen LogP contribution >= 0.6 is 0 Å². The number of hydrogen-bond acceptors (Lipinski definition) is 5. The standard InChI is InChI=1S/C29H39N5O4/c1-17(30-6)26(36)32-25(29(3,4)5)28(38)33-15-14-23-24(33)21(16-34(23)18(2)35)27(37)31-22-13-9-11-19-10-7-8-12-20(19)22/h7-13,17,21,23-25,30H,14-16H2,1-6H3,(H,31,37)(H,32,36)/t17-,21-,23+,24+,25?/m0/s1. The molecule has 2 heterocycles. The van der Waals surface area contributed by atoms with Gasteiger partial charge in [0.2, 0.25) is 23.6 Å². The molecule has 2 aliphatic heterocycles. The van der Waals surface area contributed by atoms with Gasteiger partial charge >= 0.3 is 0 Å². The fourth-order valence-electron chi connectivity index (χ4n) is 5.71. The minimum atomic E-state index is -0.780. The summed E-state index contributed by atoms with van der Waals surface area (Å²) in [5, 5.41) is 10.9. The molecule has 5 atom stereocenters. The van der Waals surface area contributed by atoms with E-state index < -0.39 is 29.5 Å². The summed E-state index contributed by atoms with van der Waals surface area (Å²) in [6.45, 7) is 9.64. The van der Waals surface area contributed by atoms with Crippen LogP contribution in [0.15, 0.2) is 42.5 Å².